The highest BCUT2D eigenvalue weighted by Crippen LogP contribution is 2.18. The molecular formula is C25H26ClN3O. The van der Waals surface area contributed by atoms with Crippen molar-refractivity contribution in [3.63, 3.8) is 0 Å². The molecule has 1 fully saturated rings. The van der Waals surface area contributed by atoms with Crippen LogP contribution in [0.2, 0.25) is 5.02 Å². The summed E-state index contributed by atoms with van der Waals surface area (Å²) in [7, 11) is 0. The van der Waals surface area contributed by atoms with Crippen molar-refractivity contribution in [3.05, 3.63) is 101 Å². The quantitative estimate of drug-likeness (QED) is 0.500. The maximum atomic E-state index is 6.28. The number of hydrazone groups is 1. The van der Waals surface area contributed by atoms with Crippen molar-refractivity contribution in [1.82, 2.24) is 9.91 Å². The number of rotatable bonds is 7. The van der Waals surface area contributed by atoms with Gasteiger partial charge in [-0.3, -0.25) is 9.91 Å². The highest BCUT2D eigenvalue weighted by molar-refractivity contribution is 6.31. The van der Waals surface area contributed by atoms with Gasteiger partial charge in [0.1, 0.15) is 12.4 Å². The van der Waals surface area contributed by atoms with Gasteiger partial charge in [0.25, 0.3) is 0 Å². The lowest BCUT2D eigenvalue weighted by Crippen LogP contribution is -2.43. The first-order valence-corrected chi connectivity index (χ1v) is 10.7. The molecule has 0 spiro atoms. The van der Waals surface area contributed by atoms with E-state index < -0.39 is 0 Å². The number of ether oxygens (including phenoxy) is 1. The van der Waals surface area contributed by atoms with Crippen LogP contribution in [-0.2, 0) is 13.2 Å². The zero-order chi connectivity index (χ0) is 20.6. The number of halogens is 1. The van der Waals surface area contributed by atoms with Crippen LogP contribution in [0.25, 0.3) is 0 Å². The second kappa shape index (κ2) is 10.3. The van der Waals surface area contributed by atoms with Gasteiger partial charge >= 0.3 is 0 Å². The van der Waals surface area contributed by atoms with E-state index in [1.807, 2.05) is 66.9 Å². The Hall–Kier alpha value is -2.82. The smallest absolute Gasteiger partial charge is 0.119 e. The van der Waals surface area contributed by atoms with Crippen LogP contribution in [0, 0.1) is 0 Å². The van der Waals surface area contributed by atoms with Crippen molar-refractivity contribution in [2.24, 2.45) is 5.10 Å². The maximum Gasteiger partial charge on any atom is 0.119 e. The topological polar surface area (TPSA) is 28.1 Å². The molecule has 4 nitrogen and oxygen atoms in total. The van der Waals surface area contributed by atoms with E-state index in [9.17, 15) is 0 Å². The molecule has 5 heteroatoms. The third-order valence-corrected chi connectivity index (χ3v) is 5.57. The van der Waals surface area contributed by atoms with Crippen molar-refractivity contribution < 1.29 is 4.74 Å². The van der Waals surface area contributed by atoms with Crippen molar-refractivity contribution >= 4 is 17.8 Å². The summed E-state index contributed by atoms with van der Waals surface area (Å²) in [4.78, 5) is 2.42. The molecule has 0 amide bonds. The van der Waals surface area contributed by atoms with Gasteiger partial charge in [-0.05, 0) is 47.0 Å². The van der Waals surface area contributed by atoms with E-state index >= 15 is 0 Å². The van der Waals surface area contributed by atoms with Crippen molar-refractivity contribution in [2.45, 2.75) is 13.2 Å². The minimum absolute atomic E-state index is 0.576. The Morgan fingerprint density at radius 2 is 1.53 bits per heavy atom. The Bertz CT molecular complexity index is 952. The summed E-state index contributed by atoms with van der Waals surface area (Å²) in [6, 6.07) is 26.3. The third-order valence-electron chi connectivity index (χ3n) is 5.20. The molecule has 3 aromatic carbocycles. The molecule has 154 valence electrons. The van der Waals surface area contributed by atoms with Gasteiger partial charge in [0, 0.05) is 37.7 Å². The Morgan fingerprint density at radius 3 is 2.27 bits per heavy atom. The lowest BCUT2D eigenvalue weighted by molar-refractivity contribution is 0.131. The lowest BCUT2D eigenvalue weighted by atomic mass is 10.2. The summed E-state index contributed by atoms with van der Waals surface area (Å²) in [5.41, 5.74) is 3.42. The van der Waals surface area contributed by atoms with Gasteiger partial charge in [-0.2, -0.15) is 5.10 Å². The second-order valence-corrected chi connectivity index (χ2v) is 7.82. The van der Waals surface area contributed by atoms with E-state index in [0.29, 0.717) is 6.61 Å². The molecule has 1 aliphatic rings. The summed E-state index contributed by atoms with van der Waals surface area (Å²) >= 11 is 6.28. The largest absolute Gasteiger partial charge is 0.489 e. The van der Waals surface area contributed by atoms with Gasteiger partial charge in [0.15, 0.2) is 0 Å². The molecular weight excluding hydrogens is 394 g/mol. The average molecular weight is 420 g/mol. The first-order valence-electron chi connectivity index (χ1n) is 10.3. The normalized spacial score (nSPS) is 14.9. The molecule has 0 unspecified atom stereocenters. The van der Waals surface area contributed by atoms with Gasteiger partial charge in [-0.25, -0.2) is 0 Å². The lowest BCUT2D eigenvalue weighted by Gasteiger charge is -2.33. The molecule has 0 bridgehead atoms. The maximum absolute atomic E-state index is 6.28. The Balaban J connectivity index is 1.23. The first-order chi connectivity index (χ1) is 14.8. The van der Waals surface area contributed by atoms with Crippen LogP contribution in [-0.4, -0.2) is 42.3 Å². The van der Waals surface area contributed by atoms with Crippen LogP contribution in [0.5, 0.6) is 5.75 Å². The van der Waals surface area contributed by atoms with Gasteiger partial charge in [-0.15, -0.1) is 0 Å². The predicted octanol–water partition coefficient (Wildman–Crippen LogP) is 5.07. The summed E-state index contributed by atoms with van der Waals surface area (Å²) in [5.74, 6) is 0.865. The molecule has 1 saturated heterocycles. The predicted molar refractivity (Wildman–Crippen MR) is 123 cm³/mol. The molecule has 3 aromatic rings. The Morgan fingerprint density at radius 1 is 0.833 bits per heavy atom. The van der Waals surface area contributed by atoms with Crippen molar-refractivity contribution in [2.75, 3.05) is 26.2 Å². The Labute approximate surface area is 183 Å². The number of hydrogen-bond acceptors (Lipinski definition) is 4. The van der Waals surface area contributed by atoms with Crippen LogP contribution in [0.1, 0.15) is 16.7 Å². The Kier molecular flexibility index (Phi) is 7.01. The van der Waals surface area contributed by atoms with E-state index in [1.54, 1.807) is 0 Å². The van der Waals surface area contributed by atoms with Gasteiger partial charge in [-0.1, -0.05) is 60.1 Å². The summed E-state index contributed by atoms with van der Waals surface area (Å²) in [5, 5.41) is 7.62. The van der Waals surface area contributed by atoms with E-state index in [0.717, 1.165) is 54.6 Å². The van der Waals surface area contributed by atoms with Crippen LogP contribution in [0.4, 0.5) is 0 Å². The molecule has 0 aliphatic carbocycles. The fourth-order valence-electron chi connectivity index (χ4n) is 3.42. The summed E-state index contributed by atoms with van der Waals surface area (Å²) < 4.78 is 5.84. The fraction of sp³-hybridized carbons (Fsp3) is 0.240. The standard InChI is InChI=1S/C25H26ClN3O/c26-25-9-5-4-8-23(25)19-28-14-16-29(17-15-28)27-18-21-10-12-24(13-11-21)30-20-22-6-2-1-3-7-22/h1-13,18H,14-17,19-20H2/b27-18+. The molecule has 1 aliphatic heterocycles. The van der Waals surface area contributed by atoms with Crippen LogP contribution in [0.15, 0.2) is 84.0 Å². The molecule has 0 atom stereocenters. The number of hydrogen-bond donors (Lipinski definition) is 0. The van der Waals surface area contributed by atoms with Gasteiger partial charge < -0.3 is 4.74 Å². The number of nitrogens with zero attached hydrogens (tertiary/aromatic N) is 3. The van der Waals surface area contributed by atoms with Crippen LogP contribution < -0.4 is 4.74 Å². The van der Waals surface area contributed by atoms with E-state index in [4.69, 9.17) is 16.3 Å². The highest BCUT2D eigenvalue weighted by atomic mass is 35.5. The number of benzene rings is 3. The SMILES string of the molecule is Clc1ccccc1CN1CCN(/N=C/c2ccc(OCc3ccccc3)cc2)CC1. The third kappa shape index (κ3) is 5.85. The van der Waals surface area contributed by atoms with Crippen molar-refractivity contribution in [1.29, 1.82) is 0 Å². The van der Waals surface area contributed by atoms with E-state index in [2.05, 4.69) is 33.2 Å². The first kappa shape index (κ1) is 20.5. The van der Waals surface area contributed by atoms with Crippen molar-refractivity contribution in [3.8, 4) is 5.75 Å². The molecule has 30 heavy (non-hydrogen) atoms. The zero-order valence-corrected chi connectivity index (χ0v) is 17.7. The molecule has 0 N–H and O–H groups in total. The van der Waals surface area contributed by atoms with Crippen LogP contribution >= 0.6 is 11.6 Å². The minimum Gasteiger partial charge on any atom is -0.489 e. The molecule has 0 radical (unpaired) electrons. The average Bonchev–Trinajstić information content (AvgIpc) is 2.80. The fourth-order valence-corrected chi connectivity index (χ4v) is 3.61. The van der Waals surface area contributed by atoms with E-state index in [-0.39, 0.29) is 0 Å². The number of piperazine rings is 1. The molecule has 1 heterocycles. The monoisotopic (exact) mass is 419 g/mol. The second-order valence-electron chi connectivity index (χ2n) is 7.41. The molecule has 0 saturated carbocycles. The zero-order valence-electron chi connectivity index (χ0n) is 17.0. The van der Waals surface area contributed by atoms with Gasteiger partial charge in [0.2, 0.25) is 0 Å². The molecule has 0 aromatic heterocycles. The molecule has 4 rings (SSSR count). The minimum atomic E-state index is 0.576. The van der Waals surface area contributed by atoms with Crippen LogP contribution in [0.3, 0.4) is 0 Å². The highest BCUT2D eigenvalue weighted by Gasteiger charge is 2.16. The summed E-state index contributed by atoms with van der Waals surface area (Å²) in [6.45, 7) is 5.26. The van der Waals surface area contributed by atoms with E-state index in [1.165, 1.54) is 5.56 Å². The van der Waals surface area contributed by atoms with Gasteiger partial charge in [0.05, 0.1) is 6.21 Å². The summed E-state index contributed by atoms with van der Waals surface area (Å²) in [6.07, 6.45) is 1.92.